The molecule has 0 spiro atoms. The number of anilines is 1. The molecule has 1 heterocycles. The van der Waals surface area contributed by atoms with Gasteiger partial charge in [0.1, 0.15) is 0 Å². The molecule has 0 aliphatic carbocycles. The van der Waals surface area contributed by atoms with E-state index >= 15 is 0 Å². The number of hydrogen-bond acceptors (Lipinski definition) is 3. The Morgan fingerprint density at radius 1 is 1.29 bits per heavy atom. The van der Waals surface area contributed by atoms with Crippen LogP contribution in [0.25, 0.3) is 0 Å². The number of carbonyl (C=O) groups excluding carboxylic acids is 1. The predicted molar refractivity (Wildman–Crippen MR) is 84.6 cm³/mol. The van der Waals surface area contributed by atoms with E-state index in [4.69, 9.17) is 0 Å². The molecule has 0 saturated carbocycles. The highest BCUT2D eigenvalue weighted by molar-refractivity contribution is 5.94. The Hall–Kier alpha value is -2.30. The van der Waals surface area contributed by atoms with Gasteiger partial charge in [-0.05, 0) is 38.1 Å². The summed E-state index contributed by atoms with van der Waals surface area (Å²) in [4.78, 5) is 14.3. The SMILES string of the molecule is Cc1c([C@H](C)NC(=O)c2ccc(N(C)C)cc2)cnn1C. The van der Waals surface area contributed by atoms with E-state index in [1.807, 2.05) is 68.8 Å². The highest BCUT2D eigenvalue weighted by atomic mass is 16.1. The van der Waals surface area contributed by atoms with Crippen LogP contribution in [-0.4, -0.2) is 29.8 Å². The Morgan fingerprint density at radius 2 is 1.90 bits per heavy atom. The van der Waals surface area contributed by atoms with Crippen molar-refractivity contribution in [3.63, 3.8) is 0 Å². The van der Waals surface area contributed by atoms with Crippen molar-refractivity contribution < 1.29 is 4.79 Å². The average molecular weight is 286 g/mol. The molecule has 1 aromatic carbocycles. The van der Waals surface area contributed by atoms with Crippen molar-refractivity contribution in [1.82, 2.24) is 15.1 Å². The van der Waals surface area contributed by atoms with Gasteiger partial charge >= 0.3 is 0 Å². The summed E-state index contributed by atoms with van der Waals surface area (Å²) in [5, 5.41) is 7.22. The standard InChI is InChI=1S/C16H22N4O/c1-11(15-10-17-20(5)12(15)2)18-16(21)13-6-8-14(9-7-13)19(3)4/h6-11H,1-5H3,(H,18,21)/t11-/m0/s1. The number of amides is 1. The first-order valence-corrected chi connectivity index (χ1v) is 6.97. The lowest BCUT2D eigenvalue weighted by molar-refractivity contribution is 0.0940. The molecule has 5 nitrogen and oxygen atoms in total. The quantitative estimate of drug-likeness (QED) is 0.938. The number of nitrogens with one attached hydrogen (secondary N) is 1. The van der Waals surface area contributed by atoms with Gasteiger partial charge in [-0.1, -0.05) is 0 Å². The van der Waals surface area contributed by atoms with Gasteiger partial charge in [0, 0.05) is 43.7 Å². The maximum Gasteiger partial charge on any atom is 0.251 e. The molecule has 0 bridgehead atoms. The fourth-order valence-corrected chi connectivity index (χ4v) is 2.21. The third-order valence-corrected chi connectivity index (χ3v) is 3.73. The summed E-state index contributed by atoms with van der Waals surface area (Å²) in [5.41, 5.74) is 3.83. The molecule has 0 unspecified atom stereocenters. The smallest absolute Gasteiger partial charge is 0.251 e. The third-order valence-electron chi connectivity index (χ3n) is 3.73. The highest BCUT2D eigenvalue weighted by Gasteiger charge is 2.15. The van der Waals surface area contributed by atoms with Crippen LogP contribution in [0, 0.1) is 6.92 Å². The van der Waals surface area contributed by atoms with Crippen LogP contribution in [0.4, 0.5) is 5.69 Å². The molecular formula is C16H22N4O. The minimum atomic E-state index is -0.0731. The number of carbonyl (C=O) groups is 1. The number of benzene rings is 1. The Kier molecular flexibility index (Phi) is 4.31. The molecule has 21 heavy (non-hydrogen) atoms. The zero-order valence-electron chi connectivity index (χ0n) is 13.2. The first-order valence-electron chi connectivity index (χ1n) is 6.97. The highest BCUT2D eigenvalue weighted by Crippen LogP contribution is 2.17. The molecule has 112 valence electrons. The Labute approximate surface area is 125 Å². The van der Waals surface area contributed by atoms with Crippen LogP contribution in [-0.2, 0) is 7.05 Å². The van der Waals surface area contributed by atoms with Crippen molar-refractivity contribution >= 4 is 11.6 Å². The average Bonchev–Trinajstić information content (AvgIpc) is 2.79. The monoisotopic (exact) mass is 286 g/mol. The summed E-state index contributed by atoms with van der Waals surface area (Å²) < 4.78 is 1.81. The molecule has 1 amide bonds. The molecular weight excluding hydrogens is 264 g/mol. The number of hydrogen-bond donors (Lipinski definition) is 1. The third kappa shape index (κ3) is 3.24. The van der Waals surface area contributed by atoms with Crippen molar-refractivity contribution in [2.45, 2.75) is 19.9 Å². The Morgan fingerprint density at radius 3 is 2.38 bits per heavy atom. The van der Waals surface area contributed by atoms with Crippen LogP contribution in [0.15, 0.2) is 30.5 Å². The van der Waals surface area contributed by atoms with Crippen LogP contribution >= 0.6 is 0 Å². The van der Waals surface area contributed by atoms with Crippen molar-refractivity contribution in [3.8, 4) is 0 Å². The van der Waals surface area contributed by atoms with Gasteiger partial charge in [-0.15, -0.1) is 0 Å². The lowest BCUT2D eigenvalue weighted by atomic mass is 10.1. The molecule has 0 aliphatic rings. The molecule has 0 saturated heterocycles. The van der Waals surface area contributed by atoms with Crippen molar-refractivity contribution in [1.29, 1.82) is 0 Å². The first kappa shape index (κ1) is 15.1. The summed E-state index contributed by atoms with van der Waals surface area (Å²) in [6.07, 6.45) is 1.80. The van der Waals surface area contributed by atoms with Crippen LogP contribution in [0.1, 0.15) is 34.6 Å². The fraction of sp³-hybridized carbons (Fsp3) is 0.375. The zero-order chi connectivity index (χ0) is 15.6. The van der Waals surface area contributed by atoms with E-state index in [9.17, 15) is 4.79 Å². The maximum atomic E-state index is 12.3. The van der Waals surface area contributed by atoms with Crippen LogP contribution in [0.2, 0.25) is 0 Å². The lowest BCUT2D eigenvalue weighted by Crippen LogP contribution is -2.27. The van der Waals surface area contributed by atoms with Crippen LogP contribution < -0.4 is 10.2 Å². The van der Waals surface area contributed by atoms with Gasteiger partial charge in [0.05, 0.1) is 12.2 Å². The van der Waals surface area contributed by atoms with Crippen LogP contribution in [0.3, 0.4) is 0 Å². The Balaban J connectivity index is 2.09. The van der Waals surface area contributed by atoms with Gasteiger partial charge in [-0.25, -0.2) is 0 Å². The summed E-state index contributed by atoms with van der Waals surface area (Å²) in [5.74, 6) is -0.0731. The van der Waals surface area contributed by atoms with Crippen molar-refractivity contribution in [2.75, 3.05) is 19.0 Å². The minimum absolute atomic E-state index is 0.0697. The van der Waals surface area contributed by atoms with Gasteiger partial charge in [0.2, 0.25) is 0 Å². The summed E-state index contributed by atoms with van der Waals surface area (Å²) >= 11 is 0. The second-order valence-electron chi connectivity index (χ2n) is 5.45. The first-order chi connectivity index (χ1) is 9.90. The lowest BCUT2D eigenvalue weighted by Gasteiger charge is -2.15. The van der Waals surface area contributed by atoms with Gasteiger partial charge < -0.3 is 10.2 Å². The number of aromatic nitrogens is 2. The van der Waals surface area contributed by atoms with Gasteiger partial charge in [-0.3, -0.25) is 9.48 Å². The second-order valence-corrected chi connectivity index (χ2v) is 5.45. The van der Waals surface area contributed by atoms with E-state index in [1.54, 1.807) is 6.20 Å². The minimum Gasteiger partial charge on any atom is -0.378 e. The fourth-order valence-electron chi connectivity index (χ4n) is 2.21. The molecule has 1 N–H and O–H groups in total. The topological polar surface area (TPSA) is 50.2 Å². The van der Waals surface area contributed by atoms with Crippen LogP contribution in [0.5, 0.6) is 0 Å². The molecule has 1 aromatic heterocycles. The van der Waals surface area contributed by atoms with Crippen molar-refractivity contribution in [3.05, 3.63) is 47.3 Å². The number of aryl methyl sites for hydroxylation is 1. The van der Waals surface area contributed by atoms with E-state index in [1.165, 1.54) is 0 Å². The molecule has 5 heteroatoms. The largest absolute Gasteiger partial charge is 0.378 e. The molecule has 1 atom stereocenters. The maximum absolute atomic E-state index is 12.3. The molecule has 2 aromatic rings. The van der Waals surface area contributed by atoms with Gasteiger partial charge in [0.15, 0.2) is 0 Å². The second kappa shape index (κ2) is 5.99. The summed E-state index contributed by atoms with van der Waals surface area (Å²) in [6.45, 7) is 3.97. The van der Waals surface area contributed by atoms with E-state index in [0.29, 0.717) is 5.56 Å². The molecule has 0 radical (unpaired) electrons. The van der Waals surface area contributed by atoms with E-state index in [-0.39, 0.29) is 11.9 Å². The van der Waals surface area contributed by atoms with E-state index in [2.05, 4.69) is 10.4 Å². The van der Waals surface area contributed by atoms with Gasteiger partial charge in [0.25, 0.3) is 5.91 Å². The molecule has 0 fully saturated rings. The summed E-state index contributed by atoms with van der Waals surface area (Å²) in [7, 11) is 5.85. The zero-order valence-corrected chi connectivity index (χ0v) is 13.2. The number of rotatable bonds is 4. The van der Waals surface area contributed by atoms with Gasteiger partial charge in [-0.2, -0.15) is 5.10 Å². The molecule has 0 aliphatic heterocycles. The number of nitrogens with zero attached hydrogens (tertiary/aromatic N) is 3. The van der Waals surface area contributed by atoms with E-state index in [0.717, 1.165) is 16.9 Å². The predicted octanol–water partition coefficient (Wildman–Crippen LogP) is 2.29. The normalized spacial score (nSPS) is 12.0. The van der Waals surface area contributed by atoms with E-state index < -0.39 is 0 Å². The molecule has 2 rings (SSSR count). The van der Waals surface area contributed by atoms with Crippen molar-refractivity contribution in [2.24, 2.45) is 7.05 Å². The Bertz CT molecular complexity index is 628. The summed E-state index contributed by atoms with van der Waals surface area (Å²) in [6, 6.07) is 7.49.